The van der Waals surface area contributed by atoms with Gasteiger partial charge in [-0.3, -0.25) is 10.2 Å². The molecule has 0 aliphatic carbocycles. The molecule has 2 N–H and O–H groups in total. The van der Waals surface area contributed by atoms with E-state index in [0.717, 1.165) is 36.4 Å². The third-order valence-corrected chi connectivity index (χ3v) is 6.64. The highest BCUT2D eigenvalue weighted by atomic mass is 79.9. The van der Waals surface area contributed by atoms with E-state index < -0.39 is 0 Å². The van der Waals surface area contributed by atoms with Gasteiger partial charge < -0.3 is 14.4 Å². The first-order chi connectivity index (χ1) is 12.6. The summed E-state index contributed by atoms with van der Waals surface area (Å²) >= 11 is 3.74. The molecule has 1 amide bonds. The normalized spacial score (nSPS) is 30.8. The number of amides is 1. The highest BCUT2D eigenvalue weighted by Crippen LogP contribution is 2.39. The molecule has 4 rings (SSSR count). The quantitative estimate of drug-likeness (QED) is 0.730. The lowest BCUT2D eigenvalue weighted by Gasteiger charge is -2.30. The number of likely N-dealkylation sites (tertiary alicyclic amines) is 1. The number of hydrazine groups is 1. The molecule has 0 radical (unpaired) electrons. The van der Waals surface area contributed by atoms with E-state index in [2.05, 4.69) is 46.7 Å². The zero-order valence-electron chi connectivity index (χ0n) is 15.2. The highest BCUT2D eigenvalue weighted by Gasteiger charge is 2.43. The van der Waals surface area contributed by atoms with Crippen LogP contribution in [0.5, 0.6) is 11.5 Å². The Morgan fingerprint density at radius 3 is 2.73 bits per heavy atom. The molecule has 26 heavy (non-hydrogen) atoms. The zero-order valence-corrected chi connectivity index (χ0v) is 16.8. The summed E-state index contributed by atoms with van der Waals surface area (Å²) in [7, 11) is 0. The average Bonchev–Trinajstić information content (AvgIpc) is 3.27. The summed E-state index contributed by atoms with van der Waals surface area (Å²) in [6, 6.07) is 6.14. The van der Waals surface area contributed by atoms with Crippen LogP contribution in [0.25, 0.3) is 0 Å². The maximum absolute atomic E-state index is 13.2. The molecule has 3 heterocycles. The fourth-order valence-electron chi connectivity index (χ4n) is 4.11. The Labute approximate surface area is 162 Å². The van der Waals surface area contributed by atoms with Crippen LogP contribution in [0, 0.1) is 5.92 Å². The Kier molecular flexibility index (Phi) is 5.12. The number of carbonyl (C=O) groups is 1. The molecule has 4 unspecified atom stereocenters. The van der Waals surface area contributed by atoms with Gasteiger partial charge >= 0.3 is 0 Å². The molecule has 0 aromatic heterocycles. The van der Waals surface area contributed by atoms with Gasteiger partial charge in [-0.1, -0.05) is 35.8 Å². The first kappa shape index (κ1) is 18.1. The van der Waals surface area contributed by atoms with Gasteiger partial charge in [0.25, 0.3) is 0 Å². The molecule has 6 nitrogen and oxygen atoms in total. The Morgan fingerprint density at radius 1 is 1.23 bits per heavy atom. The van der Waals surface area contributed by atoms with Gasteiger partial charge in [0.15, 0.2) is 11.5 Å². The summed E-state index contributed by atoms with van der Waals surface area (Å²) < 4.78 is 11.3. The zero-order chi connectivity index (χ0) is 18.3. The van der Waals surface area contributed by atoms with E-state index in [1.165, 1.54) is 0 Å². The standard InChI is InChI=1S/C19H26BrN3O3/c1-11(2)17-16(20)18(22-21-17)19(24)23-7-3-4-13(23)12-5-6-14-15(10-12)26-9-8-25-14/h5-6,10-11,13,16-18,21-22H,3-4,7-9H2,1-2H3. The molecule has 1 aromatic rings. The van der Waals surface area contributed by atoms with Crippen molar-refractivity contribution >= 4 is 21.8 Å². The van der Waals surface area contributed by atoms with Crippen LogP contribution < -0.4 is 20.3 Å². The fourth-order valence-corrected chi connectivity index (χ4v) is 5.21. The van der Waals surface area contributed by atoms with E-state index in [-0.39, 0.29) is 28.9 Å². The van der Waals surface area contributed by atoms with Crippen LogP contribution >= 0.6 is 15.9 Å². The number of rotatable bonds is 3. The van der Waals surface area contributed by atoms with Crippen LogP contribution in [-0.4, -0.2) is 47.5 Å². The Balaban J connectivity index is 1.52. The predicted molar refractivity (Wildman–Crippen MR) is 103 cm³/mol. The number of hydrogen-bond donors (Lipinski definition) is 2. The van der Waals surface area contributed by atoms with Crippen molar-refractivity contribution in [2.75, 3.05) is 19.8 Å². The smallest absolute Gasteiger partial charge is 0.242 e. The Bertz CT molecular complexity index is 684. The summed E-state index contributed by atoms with van der Waals surface area (Å²) in [5.74, 6) is 2.17. The number of carbonyl (C=O) groups excluding carboxylic acids is 1. The second-order valence-electron chi connectivity index (χ2n) is 7.57. The number of alkyl halides is 1. The number of nitrogens with zero attached hydrogens (tertiary/aromatic N) is 1. The Hall–Kier alpha value is -1.31. The minimum absolute atomic E-state index is 0.0801. The number of nitrogens with one attached hydrogen (secondary N) is 2. The maximum atomic E-state index is 13.2. The molecular weight excluding hydrogens is 398 g/mol. The van der Waals surface area contributed by atoms with Crippen LogP contribution in [-0.2, 0) is 4.79 Å². The van der Waals surface area contributed by atoms with Crippen LogP contribution in [0.2, 0.25) is 0 Å². The lowest BCUT2D eigenvalue weighted by atomic mass is 9.98. The molecule has 2 saturated heterocycles. The van der Waals surface area contributed by atoms with Gasteiger partial charge in [-0.15, -0.1) is 0 Å². The molecular formula is C19H26BrN3O3. The largest absolute Gasteiger partial charge is 0.486 e. The van der Waals surface area contributed by atoms with E-state index in [9.17, 15) is 4.79 Å². The first-order valence-corrected chi connectivity index (χ1v) is 10.3. The average molecular weight is 424 g/mol. The van der Waals surface area contributed by atoms with Crippen LogP contribution in [0.3, 0.4) is 0 Å². The minimum atomic E-state index is -0.250. The van der Waals surface area contributed by atoms with Crippen LogP contribution in [0.4, 0.5) is 0 Å². The molecule has 7 heteroatoms. The van der Waals surface area contributed by atoms with Crippen molar-refractivity contribution < 1.29 is 14.3 Å². The van der Waals surface area contributed by atoms with Crippen molar-refractivity contribution in [3.05, 3.63) is 23.8 Å². The summed E-state index contributed by atoms with van der Waals surface area (Å²) in [6.45, 7) is 6.28. The van der Waals surface area contributed by atoms with Crippen molar-refractivity contribution in [2.24, 2.45) is 5.92 Å². The van der Waals surface area contributed by atoms with E-state index in [4.69, 9.17) is 9.47 Å². The summed E-state index contributed by atoms with van der Waals surface area (Å²) in [6.07, 6.45) is 2.00. The third-order valence-electron chi connectivity index (χ3n) is 5.54. The maximum Gasteiger partial charge on any atom is 0.242 e. The van der Waals surface area contributed by atoms with Gasteiger partial charge in [0.1, 0.15) is 19.3 Å². The summed E-state index contributed by atoms with van der Waals surface area (Å²) in [5, 5.41) is 0. The molecule has 3 aliphatic heterocycles. The molecule has 0 bridgehead atoms. The second-order valence-corrected chi connectivity index (χ2v) is 8.63. The Morgan fingerprint density at radius 2 is 2.00 bits per heavy atom. The predicted octanol–water partition coefficient (Wildman–Crippen LogP) is 2.39. The van der Waals surface area contributed by atoms with Crippen molar-refractivity contribution in [1.29, 1.82) is 0 Å². The first-order valence-electron chi connectivity index (χ1n) is 9.41. The molecule has 4 atom stereocenters. The molecule has 1 aromatic carbocycles. The lowest BCUT2D eigenvalue weighted by Crippen LogP contribution is -2.47. The van der Waals surface area contributed by atoms with Crippen LogP contribution in [0.1, 0.15) is 38.3 Å². The number of fused-ring (bicyclic) bond motifs is 1. The number of halogens is 1. The second kappa shape index (κ2) is 7.37. The van der Waals surface area contributed by atoms with Crippen molar-refractivity contribution in [1.82, 2.24) is 15.8 Å². The summed E-state index contributed by atoms with van der Waals surface area (Å²) in [4.78, 5) is 15.3. The number of ether oxygens (including phenoxy) is 2. The van der Waals surface area contributed by atoms with E-state index in [0.29, 0.717) is 19.1 Å². The van der Waals surface area contributed by atoms with E-state index in [1.54, 1.807) is 0 Å². The molecule has 0 saturated carbocycles. The molecule has 2 fully saturated rings. The molecule has 0 spiro atoms. The van der Waals surface area contributed by atoms with Crippen LogP contribution in [0.15, 0.2) is 18.2 Å². The van der Waals surface area contributed by atoms with Crippen molar-refractivity contribution in [2.45, 2.75) is 49.6 Å². The number of hydrogen-bond acceptors (Lipinski definition) is 5. The molecule has 142 valence electrons. The van der Waals surface area contributed by atoms with E-state index in [1.807, 2.05) is 17.0 Å². The van der Waals surface area contributed by atoms with E-state index >= 15 is 0 Å². The number of benzene rings is 1. The van der Waals surface area contributed by atoms with Crippen molar-refractivity contribution in [3.63, 3.8) is 0 Å². The lowest BCUT2D eigenvalue weighted by molar-refractivity contribution is -0.134. The van der Waals surface area contributed by atoms with Gasteiger partial charge in [-0.05, 0) is 36.5 Å². The van der Waals surface area contributed by atoms with Gasteiger partial charge in [-0.25, -0.2) is 5.43 Å². The van der Waals surface area contributed by atoms with Gasteiger partial charge in [-0.2, -0.15) is 0 Å². The monoisotopic (exact) mass is 423 g/mol. The molecule has 3 aliphatic rings. The van der Waals surface area contributed by atoms with Gasteiger partial charge in [0.05, 0.1) is 10.9 Å². The minimum Gasteiger partial charge on any atom is -0.486 e. The van der Waals surface area contributed by atoms with Gasteiger partial charge in [0.2, 0.25) is 5.91 Å². The summed E-state index contributed by atoms with van der Waals surface area (Å²) in [5.41, 5.74) is 7.60. The SMILES string of the molecule is CC(C)C1NNC(C(=O)N2CCCC2c2ccc3c(c2)OCCO3)C1Br. The fraction of sp³-hybridized carbons (Fsp3) is 0.632. The third kappa shape index (κ3) is 3.21. The van der Waals surface area contributed by atoms with Crippen molar-refractivity contribution in [3.8, 4) is 11.5 Å². The van der Waals surface area contributed by atoms with Gasteiger partial charge in [0, 0.05) is 12.6 Å². The highest BCUT2D eigenvalue weighted by molar-refractivity contribution is 9.09. The topological polar surface area (TPSA) is 62.8 Å².